The molecule has 2 unspecified atom stereocenters. The minimum atomic E-state index is 0.413. The first-order chi connectivity index (χ1) is 10.0. The minimum absolute atomic E-state index is 0.413. The van der Waals surface area contributed by atoms with Crippen LogP contribution in [0.5, 0.6) is 0 Å². The van der Waals surface area contributed by atoms with Gasteiger partial charge in [-0.25, -0.2) is 0 Å². The molecule has 1 aromatic carbocycles. The Balaban J connectivity index is 2.86. The maximum atomic E-state index is 3.52. The molecule has 0 heterocycles. The lowest BCUT2D eigenvalue weighted by Gasteiger charge is -2.32. The molecule has 0 amide bonds. The van der Waals surface area contributed by atoms with Gasteiger partial charge < -0.3 is 5.32 Å². The Kier molecular flexibility index (Phi) is 7.98. The predicted molar refractivity (Wildman–Crippen MR) is 94.0 cm³/mol. The van der Waals surface area contributed by atoms with Crippen molar-refractivity contribution >= 4 is 0 Å². The molecule has 1 rings (SSSR count). The van der Waals surface area contributed by atoms with Gasteiger partial charge in [-0.1, -0.05) is 44.0 Å². The van der Waals surface area contributed by atoms with E-state index in [9.17, 15) is 0 Å². The normalized spacial score (nSPS) is 14.4. The van der Waals surface area contributed by atoms with Gasteiger partial charge in [0.05, 0.1) is 0 Å². The van der Waals surface area contributed by atoms with Crippen molar-refractivity contribution < 1.29 is 0 Å². The fraction of sp³-hybridized carbons (Fsp3) is 0.684. The van der Waals surface area contributed by atoms with E-state index >= 15 is 0 Å². The van der Waals surface area contributed by atoms with E-state index in [1.54, 1.807) is 0 Å². The smallest absolute Gasteiger partial charge is 0.0449 e. The van der Waals surface area contributed by atoms with Gasteiger partial charge in [0.1, 0.15) is 0 Å². The molecular weight excluding hydrogens is 256 g/mol. The van der Waals surface area contributed by atoms with Crippen molar-refractivity contribution in [3.05, 3.63) is 34.9 Å². The Hall–Kier alpha value is -0.860. The minimum Gasteiger partial charge on any atom is -0.312 e. The molecule has 0 radical (unpaired) electrons. The molecule has 0 aliphatic rings. The molecule has 2 nitrogen and oxygen atoms in total. The van der Waals surface area contributed by atoms with Gasteiger partial charge in [0.15, 0.2) is 0 Å². The highest BCUT2D eigenvalue weighted by Crippen LogP contribution is 2.21. The summed E-state index contributed by atoms with van der Waals surface area (Å²) in [5.74, 6) is 0. The van der Waals surface area contributed by atoms with Crippen molar-refractivity contribution in [1.82, 2.24) is 10.2 Å². The third-order valence-corrected chi connectivity index (χ3v) is 4.58. The van der Waals surface area contributed by atoms with Gasteiger partial charge in [-0.05, 0) is 58.3 Å². The van der Waals surface area contributed by atoms with Crippen LogP contribution in [0.2, 0.25) is 0 Å². The van der Waals surface area contributed by atoms with E-state index in [1.165, 1.54) is 42.5 Å². The van der Waals surface area contributed by atoms with E-state index in [2.05, 4.69) is 70.1 Å². The lowest BCUT2D eigenvalue weighted by molar-refractivity contribution is 0.181. The van der Waals surface area contributed by atoms with Gasteiger partial charge in [0.2, 0.25) is 0 Å². The zero-order valence-electron chi connectivity index (χ0n) is 14.9. The number of benzene rings is 1. The molecule has 2 heteroatoms. The first-order valence-electron chi connectivity index (χ1n) is 8.51. The van der Waals surface area contributed by atoms with Gasteiger partial charge in [0.25, 0.3) is 0 Å². The van der Waals surface area contributed by atoms with E-state index in [1.807, 2.05) is 0 Å². The molecular formula is C19H34N2. The van der Waals surface area contributed by atoms with Crippen molar-refractivity contribution in [2.45, 2.75) is 66.0 Å². The van der Waals surface area contributed by atoms with Gasteiger partial charge in [-0.3, -0.25) is 4.90 Å². The Bertz CT molecular complexity index is 414. The summed E-state index contributed by atoms with van der Waals surface area (Å²) in [5, 5.41) is 3.52. The van der Waals surface area contributed by atoms with Gasteiger partial charge in [0, 0.05) is 18.6 Å². The lowest BCUT2D eigenvalue weighted by atomic mass is 9.98. The molecule has 0 saturated carbocycles. The number of likely N-dealkylation sites (N-methyl/N-ethyl adjacent to an activating group) is 1. The number of rotatable bonds is 9. The average Bonchev–Trinajstić information content (AvgIpc) is 2.47. The molecule has 2 atom stereocenters. The van der Waals surface area contributed by atoms with Crippen molar-refractivity contribution in [3.8, 4) is 0 Å². The summed E-state index contributed by atoms with van der Waals surface area (Å²) in [6.07, 6.45) is 3.77. The Labute approximate surface area is 131 Å². The van der Waals surface area contributed by atoms with E-state index in [0.29, 0.717) is 12.1 Å². The van der Waals surface area contributed by atoms with Gasteiger partial charge in [-0.2, -0.15) is 0 Å². The SMILES string of the molecule is CCCCN(CC(NC)c1ccc(C)cc1C)C(C)CC. The number of unbranched alkanes of at least 4 members (excludes halogenated alkanes) is 1. The van der Waals surface area contributed by atoms with Crippen LogP contribution in [0, 0.1) is 13.8 Å². The summed E-state index contributed by atoms with van der Waals surface area (Å²) >= 11 is 0. The van der Waals surface area contributed by atoms with Crippen molar-refractivity contribution in [1.29, 1.82) is 0 Å². The largest absolute Gasteiger partial charge is 0.312 e. The third kappa shape index (κ3) is 5.44. The highest BCUT2D eigenvalue weighted by Gasteiger charge is 2.19. The van der Waals surface area contributed by atoms with E-state index in [4.69, 9.17) is 0 Å². The fourth-order valence-corrected chi connectivity index (χ4v) is 2.91. The van der Waals surface area contributed by atoms with Gasteiger partial charge >= 0.3 is 0 Å². The highest BCUT2D eigenvalue weighted by molar-refractivity contribution is 5.33. The Morgan fingerprint density at radius 3 is 2.43 bits per heavy atom. The second-order valence-corrected chi connectivity index (χ2v) is 6.31. The topological polar surface area (TPSA) is 15.3 Å². The highest BCUT2D eigenvalue weighted by atomic mass is 15.2. The Morgan fingerprint density at radius 1 is 1.19 bits per heavy atom. The van der Waals surface area contributed by atoms with Crippen LogP contribution < -0.4 is 5.32 Å². The quantitative estimate of drug-likeness (QED) is 0.722. The van der Waals surface area contributed by atoms with Crippen molar-refractivity contribution in [2.75, 3.05) is 20.1 Å². The van der Waals surface area contributed by atoms with E-state index in [0.717, 1.165) is 6.54 Å². The van der Waals surface area contributed by atoms with Crippen LogP contribution in [0.15, 0.2) is 18.2 Å². The molecule has 0 aliphatic carbocycles. The van der Waals surface area contributed by atoms with Crippen LogP contribution in [0.3, 0.4) is 0 Å². The van der Waals surface area contributed by atoms with Crippen LogP contribution in [-0.4, -0.2) is 31.1 Å². The van der Waals surface area contributed by atoms with Crippen molar-refractivity contribution in [2.24, 2.45) is 0 Å². The van der Waals surface area contributed by atoms with Crippen LogP contribution in [0.4, 0.5) is 0 Å². The molecule has 21 heavy (non-hydrogen) atoms. The first kappa shape index (κ1) is 18.2. The summed E-state index contributed by atoms with van der Waals surface area (Å²) in [5.41, 5.74) is 4.18. The third-order valence-electron chi connectivity index (χ3n) is 4.58. The molecule has 0 aliphatic heterocycles. The predicted octanol–water partition coefficient (Wildman–Crippen LogP) is 4.46. The summed E-state index contributed by atoms with van der Waals surface area (Å²) in [7, 11) is 2.08. The molecule has 0 aromatic heterocycles. The van der Waals surface area contributed by atoms with Gasteiger partial charge in [-0.15, -0.1) is 0 Å². The number of hydrogen-bond acceptors (Lipinski definition) is 2. The maximum Gasteiger partial charge on any atom is 0.0449 e. The van der Waals surface area contributed by atoms with E-state index in [-0.39, 0.29) is 0 Å². The molecule has 0 spiro atoms. The van der Waals surface area contributed by atoms with Crippen LogP contribution in [-0.2, 0) is 0 Å². The van der Waals surface area contributed by atoms with Crippen LogP contribution in [0.25, 0.3) is 0 Å². The lowest BCUT2D eigenvalue weighted by Crippen LogP contribution is -2.40. The Morgan fingerprint density at radius 2 is 1.90 bits per heavy atom. The van der Waals surface area contributed by atoms with Crippen LogP contribution >= 0.6 is 0 Å². The number of nitrogens with one attached hydrogen (secondary N) is 1. The number of aryl methyl sites for hydroxylation is 2. The molecule has 0 bridgehead atoms. The zero-order chi connectivity index (χ0) is 15.8. The maximum absolute atomic E-state index is 3.52. The summed E-state index contributed by atoms with van der Waals surface area (Å²) in [4.78, 5) is 2.64. The average molecular weight is 290 g/mol. The second-order valence-electron chi connectivity index (χ2n) is 6.31. The number of hydrogen-bond donors (Lipinski definition) is 1. The molecule has 0 saturated heterocycles. The summed E-state index contributed by atoms with van der Waals surface area (Å²) in [6.45, 7) is 13.6. The van der Waals surface area contributed by atoms with E-state index < -0.39 is 0 Å². The first-order valence-corrected chi connectivity index (χ1v) is 8.51. The molecule has 1 N–H and O–H groups in total. The summed E-state index contributed by atoms with van der Waals surface area (Å²) < 4.78 is 0. The van der Waals surface area contributed by atoms with Crippen LogP contribution in [0.1, 0.15) is 62.8 Å². The molecule has 120 valence electrons. The van der Waals surface area contributed by atoms with Crippen molar-refractivity contribution in [3.63, 3.8) is 0 Å². The summed E-state index contributed by atoms with van der Waals surface area (Å²) in [6, 6.07) is 7.88. The molecule has 1 aromatic rings. The number of nitrogens with zero attached hydrogens (tertiary/aromatic N) is 1. The molecule has 0 fully saturated rings. The zero-order valence-corrected chi connectivity index (χ0v) is 14.9. The second kappa shape index (κ2) is 9.22. The monoisotopic (exact) mass is 290 g/mol. The fourth-order valence-electron chi connectivity index (χ4n) is 2.91. The standard InChI is InChI=1S/C19H34N2/c1-7-9-12-21(17(5)8-2)14-19(20-6)18-11-10-15(3)13-16(18)4/h10-11,13,17,19-20H,7-9,12,14H2,1-6H3.